The number of para-hydroxylation sites is 1. The maximum atomic E-state index is 12.8. The van der Waals surface area contributed by atoms with Crippen molar-refractivity contribution >= 4 is 15.5 Å². The average Bonchev–Trinajstić information content (AvgIpc) is 3.44. The maximum Gasteiger partial charge on any atom is 0.227 e. The van der Waals surface area contributed by atoms with Crippen molar-refractivity contribution in [2.24, 2.45) is 5.92 Å². The highest BCUT2D eigenvalue weighted by Crippen LogP contribution is 2.32. The minimum atomic E-state index is -3.35. The molecule has 0 atom stereocenters. The zero-order chi connectivity index (χ0) is 20.3. The lowest BCUT2D eigenvalue weighted by atomic mass is 10.2. The zero-order valence-electron chi connectivity index (χ0n) is 17.0. The Morgan fingerprint density at radius 3 is 2.48 bits per heavy atom. The van der Waals surface area contributed by atoms with Crippen molar-refractivity contribution in [3.63, 3.8) is 0 Å². The van der Waals surface area contributed by atoms with Crippen LogP contribution < -0.4 is 4.90 Å². The Labute approximate surface area is 173 Å². The van der Waals surface area contributed by atoms with E-state index in [4.69, 9.17) is 4.74 Å². The van der Waals surface area contributed by atoms with E-state index in [0.717, 1.165) is 44.7 Å². The molecule has 1 aliphatic heterocycles. The summed E-state index contributed by atoms with van der Waals surface area (Å²) >= 11 is 0. The third kappa shape index (κ3) is 4.99. The minimum absolute atomic E-state index is 0.208. The van der Waals surface area contributed by atoms with Crippen LogP contribution in [0.4, 0.5) is 5.69 Å². The van der Waals surface area contributed by atoms with Gasteiger partial charge in [0.15, 0.2) is 0 Å². The highest BCUT2D eigenvalue weighted by Gasteiger charge is 2.32. The summed E-state index contributed by atoms with van der Waals surface area (Å²) in [6.45, 7) is 5.49. The number of ether oxygens (including phenoxy) is 1. The van der Waals surface area contributed by atoms with Gasteiger partial charge in [0.1, 0.15) is 0 Å². The molecule has 2 fully saturated rings. The molecule has 2 heterocycles. The van der Waals surface area contributed by atoms with Crippen molar-refractivity contribution in [2.45, 2.75) is 31.1 Å². The zero-order valence-corrected chi connectivity index (χ0v) is 17.9. The third-order valence-electron chi connectivity index (χ3n) is 5.73. The second-order valence-corrected chi connectivity index (χ2v) is 9.93. The minimum Gasteiger partial charge on any atom is -0.383 e. The number of anilines is 1. The Bertz CT molecular complexity index is 901. The van der Waals surface area contributed by atoms with E-state index in [0.29, 0.717) is 25.6 Å². The van der Waals surface area contributed by atoms with Crippen LogP contribution in [0, 0.1) is 5.92 Å². The maximum absolute atomic E-state index is 12.8. The topological polar surface area (TPSA) is 67.7 Å². The SMILES string of the molecule is COCCn1c(CN2CCN(c3ccccc3)CC2)cnc1S(=O)(=O)CC1CC1. The second-order valence-electron chi connectivity index (χ2n) is 8.00. The third-order valence-corrected chi connectivity index (χ3v) is 7.52. The van der Waals surface area contributed by atoms with Gasteiger partial charge in [0, 0.05) is 52.1 Å². The van der Waals surface area contributed by atoms with E-state index in [-0.39, 0.29) is 10.9 Å². The predicted molar refractivity (Wildman–Crippen MR) is 113 cm³/mol. The van der Waals surface area contributed by atoms with E-state index in [1.165, 1.54) is 5.69 Å². The van der Waals surface area contributed by atoms with Gasteiger partial charge in [-0.2, -0.15) is 0 Å². The van der Waals surface area contributed by atoms with Crippen LogP contribution in [0.1, 0.15) is 18.5 Å². The molecule has 1 saturated carbocycles. The molecule has 1 aromatic carbocycles. The molecule has 1 aliphatic carbocycles. The van der Waals surface area contributed by atoms with Crippen LogP contribution in [0.5, 0.6) is 0 Å². The fraction of sp³-hybridized carbons (Fsp3) is 0.571. The molecule has 7 nitrogen and oxygen atoms in total. The fourth-order valence-electron chi connectivity index (χ4n) is 3.89. The first-order valence-electron chi connectivity index (χ1n) is 10.4. The van der Waals surface area contributed by atoms with Gasteiger partial charge in [0.05, 0.1) is 24.3 Å². The molecular formula is C21H30N4O3S. The van der Waals surface area contributed by atoms with Crippen molar-refractivity contribution in [2.75, 3.05) is 50.5 Å². The molecule has 158 valence electrons. The number of aromatic nitrogens is 2. The molecule has 29 heavy (non-hydrogen) atoms. The van der Waals surface area contributed by atoms with E-state index >= 15 is 0 Å². The Kier molecular flexibility index (Phi) is 6.22. The Hall–Kier alpha value is -1.90. The van der Waals surface area contributed by atoms with Gasteiger partial charge in [-0.1, -0.05) is 18.2 Å². The Morgan fingerprint density at radius 2 is 1.83 bits per heavy atom. The van der Waals surface area contributed by atoms with Crippen LogP contribution in [0.2, 0.25) is 0 Å². The standard InChI is InChI=1S/C21H30N4O3S/c1-28-14-13-25-20(15-22-21(25)29(26,27)17-18-7-8-18)16-23-9-11-24(12-10-23)19-5-3-2-4-6-19/h2-6,15,18H,7-14,16-17H2,1H3. The number of sulfone groups is 1. The van der Waals surface area contributed by atoms with Crippen molar-refractivity contribution in [1.82, 2.24) is 14.5 Å². The Morgan fingerprint density at radius 1 is 1.10 bits per heavy atom. The summed E-state index contributed by atoms with van der Waals surface area (Å²) in [6, 6.07) is 10.5. The van der Waals surface area contributed by atoms with E-state index < -0.39 is 9.84 Å². The van der Waals surface area contributed by atoms with Gasteiger partial charge in [-0.25, -0.2) is 13.4 Å². The molecule has 0 amide bonds. The van der Waals surface area contributed by atoms with Gasteiger partial charge >= 0.3 is 0 Å². The first-order valence-corrected chi connectivity index (χ1v) is 12.0. The van der Waals surface area contributed by atoms with E-state index in [1.807, 2.05) is 10.6 Å². The monoisotopic (exact) mass is 418 g/mol. The molecular weight excluding hydrogens is 388 g/mol. The van der Waals surface area contributed by atoms with Crippen LogP contribution in [0.25, 0.3) is 0 Å². The summed E-state index contributed by atoms with van der Waals surface area (Å²) in [7, 11) is -1.72. The lowest BCUT2D eigenvalue weighted by Gasteiger charge is -2.36. The number of hydrogen-bond donors (Lipinski definition) is 0. The number of benzene rings is 1. The quantitative estimate of drug-likeness (QED) is 0.621. The number of rotatable bonds is 9. The number of imidazole rings is 1. The second kappa shape index (κ2) is 8.85. The molecule has 1 saturated heterocycles. The van der Waals surface area contributed by atoms with Gasteiger partial charge in [-0.05, 0) is 30.9 Å². The van der Waals surface area contributed by atoms with Crippen molar-refractivity contribution in [3.05, 3.63) is 42.2 Å². The highest BCUT2D eigenvalue weighted by molar-refractivity contribution is 7.91. The van der Waals surface area contributed by atoms with Gasteiger partial charge in [-0.3, -0.25) is 4.90 Å². The Balaban J connectivity index is 1.44. The molecule has 0 N–H and O–H groups in total. The van der Waals surface area contributed by atoms with Gasteiger partial charge in [0.2, 0.25) is 15.0 Å². The summed E-state index contributed by atoms with van der Waals surface area (Å²) in [5.74, 6) is 0.522. The predicted octanol–water partition coefficient (Wildman–Crippen LogP) is 2.04. The smallest absolute Gasteiger partial charge is 0.227 e. The molecule has 2 aliphatic rings. The first kappa shape index (κ1) is 20.4. The molecule has 2 aromatic rings. The van der Waals surface area contributed by atoms with E-state index in [9.17, 15) is 8.42 Å². The van der Waals surface area contributed by atoms with E-state index in [1.54, 1.807) is 13.3 Å². The summed E-state index contributed by atoms with van der Waals surface area (Å²) in [6.07, 6.45) is 3.76. The highest BCUT2D eigenvalue weighted by atomic mass is 32.2. The van der Waals surface area contributed by atoms with Gasteiger partial charge in [-0.15, -0.1) is 0 Å². The summed E-state index contributed by atoms with van der Waals surface area (Å²) < 4.78 is 32.7. The average molecular weight is 419 g/mol. The number of hydrogen-bond acceptors (Lipinski definition) is 6. The first-order chi connectivity index (χ1) is 14.1. The lowest BCUT2D eigenvalue weighted by molar-refractivity contribution is 0.180. The molecule has 4 rings (SSSR count). The number of nitrogens with zero attached hydrogens (tertiary/aromatic N) is 4. The van der Waals surface area contributed by atoms with Crippen LogP contribution in [-0.4, -0.2) is 68.5 Å². The molecule has 0 spiro atoms. The van der Waals surface area contributed by atoms with E-state index in [2.05, 4.69) is 39.0 Å². The lowest BCUT2D eigenvalue weighted by Crippen LogP contribution is -2.46. The number of piperazine rings is 1. The summed E-state index contributed by atoms with van der Waals surface area (Å²) in [5.41, 5.74) is 2.20. The van der Waals surface area contributed by atoms with Crippen molar-refractivity contribution in [1.29, 1.82) is 0 Å². The largest absolute Gasteiger partial charge is 0.383 e. The van der Waals surface area contributed by atoms with Crippen molar-refractivity contribution in [3.8, 4) is 0 Å². The van der Waals surface area contributed by atoms with Crippen LogP contribution in [0.3, 0.4) is 0 Å². The molecule has 8 heteroatoms. The van der Waals surface area contributed by atoms with Crippen LogP contribution in [0.15, 0.2) is 41.7 Å². The molecule has 1 aromatic heterocycles. The van der Waals surface area contributed by atoms with Crippen molar-refractivity contribution < 1.29 is 13.2 Å². The van der Waals surface area contributed by atoms with Crippen LogP contribution >= 0.6 is 0 Å². The summed E-state index contributed by atoms with van der Waals surface area (Å²) in [5, 5.41) is 0.208. The summed E-state index contributed by atoms with van der Waals surface area (Å²) in [4.78, 5) is 9.10. The van der Waals surface area contributed by atoms with Gasteiger partial charge in [0.25, 0.3) is 0 Å². The molecule has 0 unspecified atom stereocenters. The number of methoxy groups -OCH3 is 1. The van der Waals surface area contributed by atoms with Crippen LogP contribution in [-0.2, 0) is 27.7 Å². The molecule has 0 radical (unpaired) electrons. The fourth-order valence-corrected chi connectivity index (χ4v) is 5.75. The molecule has 0 bridgehead atoms. The normalized spacial score (nSPS) is 18.3. The van der Waals surface area contributed by atoms with Gasteiger partial charge < -0.3 is 14.2 Å².